The van der Waals surface area contributed by atoms with Gasteiger partial charge in [-0.05, 0) is 23.8 Å². The number of carbonyl (C=O) groups excluding carboxylic acids is 1. The molecule has 0 radical (unpaired) electrons. The van der Waals surface area contributed by atoms with Crippen molar-refractivity contribution in [3.63, 3.8) is 0 Å². The molecule has 1 heterocycles. The summed E-state index contributed by atoms with van der Waals surface area (Å²) < 4.78 is 0. The highest BCUT2D eigenvalue weighted by Crippen LogP contribution is 2.22. The first-order chi connectivity index (χ1) is 10.1. The van der Waals surface area contributed by atoms with E-state index in [1.54, 1.807) is 11.1 Å². The van der Waals surface area contributed by atoms with Gasteiger partial charge in [-0.1, -0.05) is 30.3 Å². The fourth-order valence-electron chi connectivity index (χ4n) is 2.46. The number of carbonyl (C=O) groups is 1. The average Bonchev–Trinajstić information content (AvgIpc) is 2.90. The van der Waals surface area contributed by atoms with Gasteiger partial charge in [0.1, 0.15) is 0 Å². The zero-order valence-corrected chi connectivity index (χ0v) is 11.8. The number of hydrogen-bond acceptors (Lipinski definition) is 2. The minimum absolute atomic E-state index is 0.00475. The Labute approximate surface area is 123 Å². The Morgan fingerprint density at radius 1 is 1.19 bits per heavy atom. The topological polar surface area (TPSA) is 62.1 Å². The van der Waals surface area contributed by atoms with Gasteiger partial charge in [0.25, 0.3) is 5.91 Å². The standard InChI is InChI=1S/C17H17N3O/c1-20(11-12-5-3-2-4-6-12)17(21)15-10-19-16-9-13(18)7-8-14(15)16/h2-10,19H,11,18H2,1H3. The lowest BCUT2D eigenvalue weighted by molar-refractivity contribution is 0.0787. The zero-order chi connectivity index (χ0) is 14.8. The molecular formula is C17H17N3O. The summed E-state index contributed by atoms with van der Waals surface area (Å²) in [5, 5.41) is 0.897. The maximum absolute atomic E-state index is 12.6. The predicted octanol–water partition coefficient (Wildman–Crippen LogP) is 3.02. The van der Waals surface area contributed by atoms with Crippen LogP contribution >= 0.6 is 0 Å². The van der Waals surface area contributed by atoms with Gasteiger partial charge in [0, 0.05) is 36.4 Å². The lowest BCUT2D eigenvalue weighted by atomic mass is 10.1. The van der Waals surface area contributed by atoms with Gasteiger partial charge >= 0.3 is 0 Å². The van der Waals surface area contributed by atoms with Gasteiger partial charge in [0.2, 0.25) is 0 Å². The van der Waals surface area contributed by atoms with Gasteiger partial charge < -0.3 is 15.6 Å². The van der Waals surface area contributed by atoms with E-state index in [0.717, 1.165) is 16.5 Å². The average molecular weight is 279 g/mol. The van der Waals surface area contributed by atoms with E-state index < -0.39 is 0 Å². The maximum Gasteiger partial charge on any atom is 0.256 e. The van der Waals surface area contributed by atoms with Crippen molar-refractivity contribution >= 4 is 22.5 Å². The largest absolute Gasteiger partial charge is 0.399 e. The fraction of sp³-hybridized carbons (Fsp3) is 0.118. The van der Waals surface area contributed by atoms with E-state index in [1.807, 2.05) is 55.6 Å². The molecule has 0 aliphatic rings. The number of benzene rings is 2. The summed E-state index contributed by atoms with van der Waals surface area (Å²) in [7, 11) is 1.81. The molecule has 0 spiro atoms. The summed E-state index contributed by atoms with van der Waals surface area (Å²) in [6.07, 6.45) is 1.74. The van der Waals surface area contributed by atoms with Crippen molar-refractivity contribution in [3.8, 4) is 0 Å². The fourth-order valence-corrected chi connectivity index (χ4v) is 2.46. The number of fused-ring (bicyclic) bond motifs is 1. The van der Waals surface area contributed by atoms with Crippen molar-refractivity contribution in [1.29, 1.82) is 0 Å². The van der Waals surface area contributed by atoms with Crippen LogP contribution < -0.4 is 5.73 Å². The predicted molar refractivity (Wildman–Crippen MR) is 85.0 cm³/mol. The van der Waals surface area contributed by atoms with Gasteiger partial charge in [-0.15, -0.1) is 0 Å². The normalized spacial score (nSPS) is 10.7. The Morgan fingerprint density at radius 2 is 1.95 bits per heavy atom. The molecule has 2 aromatic carbocycles. The molecule has 4 heteroatoms. The van der Waals surface area contributed by atoms with Crippen molar-refractivity contribution in [2.24, 2.45) is 0 Å². The lowest BCUT2D eigenvalue weighted by Gasteiger charge is -2.16. The Bertz CT molecular complexity index is 777. The van der Waals surface area contributed by atoms with E-state index in [0.29, 0.717) is 17.8 Å². The summed E-state index contributed by atoms with van der Waals surface area (Å²) in [4.78, 5) is 17.4. The van der Waals surface area contributed by atoms with Crippen LogP contribution in [-0.2, 0) is 6.54 Å². The molecule has 1 aromatic heterocycles. The van der Waals surface area contributed by atoms with Crippen LogP contribution in [0.2, 0.25) is 0 Å². The van der Waals surface area contributed by atoms with Crippen LogP contribution in [0.4, 0.5) is 5.69 Å². The molecule has 0 atom stereocenters. The number of rotatable bonds is 3. The van der Waals surface area contributed by atoms with Crippen LogP contribution in [0.25, 0.3) is 10.9 Å². The highest BCUT2D eigenvalue weighted by molar-refractivity contribution is 6.07. The van der Waals surface area contributed by atoms with E-state index >= 15 is 0 Å². The molecule has 1 amide bonds. The monoisotopic (exact) mass is 279 g/mol. The zero-order valence-electron chi connectivity index (χ0n) is 11.8. The van der Waals surface area contributed by atoms with E-state index in [2.05, 4.69) is 4.98 Å². The number of amides is 1. The molecule has 0 aliphatic heterocycles. The molecule has 3 N–H and O–H groups in total. The van der Waals surface area contributed by atoms with E-state index in [9.17, 15) is 4.79 Å². The van der Waals surface area contributed by atoms with Crippen LogP contribution in [0, 0.1) is 0 Å². The minimum atomic E-state index is -0.00475. The minimum Gasteiger partial charge on any atom is -0.399 e. The third-order valence-corrected chi connectivity index (χ3v) is 3.55. The molecule has 4 nitrogen and oxygen atoms in total. The first-order valence-corrected chi connectivity index (χ1v) is 6.81. The van der Waals surface area contributed by atoms with E-state index in [1.165, 1.54) is 0 Å². The van der Waals surface area contributed by atoms with Crippen molar-refractivity contribution < 1.29 is 4.79 Å². The molecule has 3 aromatic rings. The SMILES string of the molecule is CN(Cc1ccccc1)C(=O)c1c[nH]c2cc(N)ccc12. The number of nitrogens with zero attached hydrogens (tertiary/aromatic N) is 1. The van der Waals surface area contributed by atoms with Gasteiger partial charge in [0.15, 0.2) is 0 Å². The second-order valence-corrected chi connectivity index (χ2v) is 5.15. The number of anilines is 1. The summed E-state index contributed by atoms with van der Waals surface area (Å²) in [6, 6.07) is 15.5. The van der Waals surface area contributed by atoms with Gasteiger partial charge in [0.05, 0.1) is 5.56 Å². The number of aromatic nitrogens is 1. The molecular weight excluding hydrogens is 262 g/mol. The summed E-state index contributed by atoms with van der Waals surface area (Å²) in [5.41, 5.74) is 9.10. The maximum atomic E-state index is 12.6. The lowest BCUT2D eigenvalue weighted by Crippen LogP contribution is -2.25. The molecule has 0 unspecified atom stereocenters. The quantitative estimate of drug-likeness (QED) is 0.724. The number of nitrogens with two attached hydrogens (primary N) is 1. The molecule has 21 heavy (non-hydrogen) atoms. The number of H-pyrrole nitrogens is 1. The molecule has 0 fully saturated rings. The van der Waals surface area contributed by atoms with Crippen LogP contribution in [0.1, 0.15) is 15.9 Å². The van der Waals surface area contributed by atoms with Crippen LogP contribution in [-0.4, -0.2) is 22.8 Å². The van der Waals surface area contributed by atoms with Crippen molar-refractivity contribution in [2.45, 2.75) is 6.54 Å². The molecule has 0 saturated carbocycles. The van der Waals surface area contributed by atoms with E-state index in [-0.39, 0.29) is 5.91 Å². The van der Waals surface area contributed by atoms with Gasteiger partial charge in [-0.2, -0.15) is 0 Å². The highest BCUT2D eigenvalue weighted by atomic mass is 16.2. The van der Waals surface area contributed by atoms with Crippen molar-refractivity contribution in [1.82, 2.24) is 9.88 Å². The van der Waals surface area contributed by atoms with Gasteiger partial charge in [-0.25, -0.2) is 0 Å². The van der Waals surface area contributed by atoms with Crippen molar-refractivity contribution in [3.05, 3.63) is 65.9 Å². The second kappa shape index (κ2) is 5.32. The molecule has 106 valence electrons. The Morgan fingerprint density at radius 3 is 2.71 bits per heavy atom. The Kier molecular flexibility index (Phi) is 3.36. The van der Waals surface area contributed by atoms with Crippen LogP contribution in [0.5, 0.6) is 0 Å². The first-order valence-electron chi connectivity index (χ1n) is 6.81. The number of aromatic amines is 1. The molecule has 0 saturated heterocycles. The second-order valence-electron chi connectivity index (χ2n) is 5.15. The number of nitrogen functional groups attached to an aromatic ring is 1. The smallest absolute Gasteiger partial charge is 0.256 e. The van der Waals surface area contributed by atoms with Crippen molar-refractivity contribution in [2.75, 3.05) is 12.8 Å². The molecule has 0 aliphatic carbocycles. The molecule has 0 bridgehead atoms. The van der Waals surface area contributed by atoms with Gasteiger partial charge in [-0.3, -0.25) is 4.79 Å². The van der Waals surface area contributed by atoms with Crippen LogP contribution in [0.15, 0.2) is 54.7 Å². The summed E-state index contributed by atoms with van der Waals surface area (Å²) in [5.74, 6) is -0.00475. The summed E-state index contributed by atoms with van der Waals surface area (Å²) >= 11 is 0. The number of nitrogens with one attached hydrogen (secondary N) is 1. The molecule has 3 rings (SSSR count). The Hall–Kier alpha value is -2.75. The third kappa shape index (κ3) is 2.60. The van der Waals surface area contributed by atoms with Crippen LogP contribution in [0.3, 0.4) is 0 Å². The summed E-state index contributed by atoms with van der Waals surface area (Å²) in [6.45, 7) is 0.585. The third-order valence-electron chi connectivity index (χ3n) is 3.55. The Balaban J connectivity index is 1.86. The highest BCUT2D eigenvalue weighted by Gasteiger charge is 2.16. The first kappa shape index (κ1) is 13.2. The number of hydrogen-bond donors (Lipinski definition) is 2. The van der Waals surface area contributed by atoms with E-state index in [4.69, 9.17) is 5.73 Å².